The van der Waals surface area contributed by atoms with Crippen LogP contribution >= 0.6 is 11.6 Å². The van der Waals surface area contributed by atoms with Crippen molar-refractivity contribution in [2.45, 2.75) is 13.1 Å². The zero-order valence-corrected chi connectivity index (χ0v) is 10.1. The molecule has 94 valence electrons. The molecule has 0 radical (unpaired) electrons. The Morgan fingerprint density at radius 3 is 3.06 bits per heavy atom. The Labute approximate surface area is 108 Å². The summed E-state index contributed by atoms with van der Waals surface area (Å²) >= 11 is 5.78. The molecular formula is C10H11ClN6O. The first-order valence-corrected chi connectivity index (χ1v) is 5.55. The van der Waals surface area contributed by atoms with Crippen LogP contribution in [0.15, 0.2) is 24.5 Å². The van der Waals surface area contributed by atoms with Crippen molar-refractivity contribution in [3.8, 4) is 0 Å². The highest BCUT2D eigenvalue weighted by Gasteiger charge is 2.06. The van der Waals surface area contributed by atoms with Crippen LogP contribution in [-0.4, -0.2) is 25.9 Å². The quantitative estimate of drug-likeness (QED) is 0.836. The Bertz CT molecular complexity index is 555. The molecule has 2 heterocycles. The van der Waals surface area contributed by atoms with E-state index in [-0.39, 0.29) is 19.0 Å². The third kappa shape index (κ3) is 3.25. The van der Waals surface area contributed by atoms with Gasteiger partial charge in [-0.1, -0.05) is 16.8 Å². The Kier molecular flexibility index (Phi) is 3.85. The summed E-state index contributed by atoms with van der Waals surface area (Å²) in [5, 5.41) is 10.7. The summed E-state index contributed by atoms with van der Waals surface area (Å²) < 4.78 is 1.40. The SMILES string of the molecule is NCc1cn(CC(=O)Nc2cc(Cl)ccn2)nn1. The molecule has 2 rings (SSSR count). The van der Waals surface area contributed by atoms with Crippen LogP contribution in [-0.2, 0) is 17.9 Å². The first kappa shape index (κ1) is 12.5. The number of aromatic nitrogens is 4. The zero-order chi connectivity index (χ0) is 13.0. The second-order valence-electron chi connectivity index (χ2n) is 3.52. The third-order valence-electron chi connectivity index (χ3n) is 2.09. The number of hydrogen-bond acceptors (Lipinski definition) is 5. The number of carbonyl (C=O) groups is 1. The minimum atomic E-state index is -0.266. The average molecular weight is 267 g/mol. The van der Waals surface area contributed by atoms with Gasteiger partial charge < -0.3 is 11.1 Å². The minimum absolute atomic E-state index is 0.0429. The van der Waals surface area contributed by atoms with Crippen LogP contribution in [0.25, 0.3) is 0 Å². The second kappa shape index (κ2) is 5.56. The Morgan fingerprint density at radius 2 is 2.39 bits per heavy atom. The number of pyridine rings is 1. The molecule has 18 heavy (non-hydrogen) atoms. The Morgan fingerprint density at radius 1 is 1.56 bits per heavy atom. The van der Waals surface area contributed by atoms with Gasteiger partial charge >= 0.3 is 0 Å². The van der Waals surface area contributed by atoms with Crippen LogP contribution in [0.1, 0.15) is 5.69 Å². The third-order valence-corrected chi connectivity index (χ3v) is 2.33. The maximum atomic E-state index is 11.7. The van der Waals surface area contributed by atoms with E-state index in [4.69, 9.17) is 17.3 Å². The van der Waals surface area contributed by atoms with Crippen molar-refractivity contribution in [2.75, 3.05) is 5.32 Å². The van der Waals surface area contributed by atoms with E-state index >= 15 is 0 Å². The molecule has 0 spiro atoms. The van der Waals surface area contributed by atoms with Gasteiger partial charge in [-0.2, -0.15) is 0 Å². The Hall–Kier alpha value is -1.99. The molecule has 0 saturated carbocycles. The molecule has 0 atom stereocenters. The van der Waals surface area contributed by atoms with Gasteiger partial charge in [0.1, 0.15) is 12.4 Å². The molecule has 3 N–H and O–H groups in total. The van der Waals surface area contributed by atoms with Crippen molar-refractivity contribution >= 4 is 23.3 Å². The smallest absolute Gasteiger partial charge is 0.247 e. The lowest BCUT2D eigenvalue weighted by molar-refractivity contribution is -0.116. The minimum Gasteiger partial charge on any atom is -0.325 e. The van der Waals surface area contributed by atoms with Crippen molar-refractivity contribution in [3.05, 3.63) is 35.2 Å². The molecule has 0 aliphatic rings. The van der Waals surface area contributed by atoms with Gasteiger partial charge in [0.05, 0.1) is 11.9 Å². The number of rotatable bonds is 4. The molecule has 1 amide bonds. The van der Waals surface area contributed by atoms with E-state index in [1.165, 1.54) is 10.9 Å². The van der Waals surface area contributed by atoms with Crippen molar-refractivity contribution in [1.29, 1.82) is 0 Å². The Balaban J connectivity index is 1.96. The highest BCUT2D eigenvalue weighted by molar-refractivity contribution is 6.30. The topological polar surface area (TPSA) is 98.7 Å². The molecule has 7 nitrogen and oxygen atoms in total. The van der Waals surface area contributed by atoms with E-state index < -0.39 is 0 Å². The van der Waals surface area contributed by atoms with Gasteiger partial charge in [0, 0.05) is 17.8 Å². The fraction of sp³-hybridized carbons (Fsp3) is 0.200. The molecule has 8 heteroatoms. The molecule has 0 saturated heterocycles. The number of halogens is 1. The highest BCUT2D eigenvalue weighted by atomic mass is 35.5. The molecule has 0 unspecified atom stereocenters. The number of hydrogen-bond donors (Lipinski definition) is 2. The van der Waals surface area contributed by atoms with E-state index in [2.05, 4.69) is 20.6 Å². The first-order valence-electron chi connectivity index (χ1n) is 5.18. The van der Waals surface area contributed by atoms with E-state index in [0.717, 1.165) is 0 Å². The largest absolute Gasteiger partial charge is 0.325 e. The van der Waals surface area contributed by atoms with E-state index in [1.807, 2.05) is 0 Å². The number of nitrogens with two attached hydrogens (primary N) is 1. The molecule has 0 fully saturated rings. The van der Waals surface area contributed by atoms with Crippen LogP contribution in [0.2, 0.25) is 5.02 Å². The van der Waals surface area contributed by atoms with E-state index in [1.54, 1.807) is 18.3 Å². The second-order valence-corrected chi connectivity index (χ2v) is 3.96. The van der Waals surface area contributed by atoms with Crippen molar-refractivity contribution in [1.82, 2.24) is 20.0 Å². The van der Waals surface area contributed by atoms with Gasteiger partial charge in [-0.15, -0.1) is 5.10 Å². The van der Waals surface area contributed by atoms with Crippen molar-refractivity contribution in [3.63, 3.8) is 0 Å². The lowest BCUT2D eigenvalue weighted by Crippen LogP contribution is -2.19. The summed E-state index contributed by atoms with van der Waals surface area (Å²) in [7, 11) is 0. The zero-order valence-electron chi connectivity index (χ0n) is 9.38. The van der Waals surface area contributed by atoms with Crippen LogP contribution in [0.4, 0.5) is 5.82 Å². The van der Waals surface area contributed by atoms with Crippen LogP contribution < -0.4 is 11.1 Å². The number of nitrogens with zero attached hydrogens (tertiary/aromatic N) is 4. The predicted octanol–water partition coefficient (Wildman–Crippen LogP) is 0.424. The first-order chi connectivity index (χ1) is 8.67. The predicted molar refractivity (Wildman–Crippen MR) is 65.8 cm³/mol. The van der Waals surface area contributed by atoms with Crippen LogP contribution in [0.5, 0.6) is 0 Å². The fourth-order valence-corrected chi connectivity index (χ4v) is 1.47. The van der Waals surface area contributed by atoms with Gasteiger partial charge in [-0.25, -0.2) is 9.67 Å². The fourth-order valence-electron chi connectivity index (χ4n) is 1.31. The van der Waals surface area contributed by atoms with Crippen molar-refractivity contribution < 1.29 is 4.79 Å². The molecule has 2 aromatic rings. The molecule has 0 aromatic carbocycles. The van der Waals surface area contributed by atoms with Gasteiger partial charge in [-0.3, -0.25) is 4.79 Å². The lowest BCUT2D eigenvalue weighted by Gasteiger charge is -2.03. The van der Waals surface area contributed by atoms with Crippen LogP contribution in [0.3, 0.4) is 0 Å². The molecule has 0 bridgehead atoms. The summed E-state index contributed by atoms with van der Waals surface area (Å²) in [6, 6.07) is 3.19. The highest BCUT2D eigenvalue weighted by Crippen LogP contribution is 2.11. The summed E-state index contributed by atoms with van der Waals surface area (Å²) in [6.45, 7) is 0.332. The molecular weight excluding hydrogens is 256 g/mol. The summed E-state index contributed by atoms with van der Waals surface area (Å²) in [4.78, 5) is 15.6. The average Bonchev–Trinajstić information content (AvgIpc) is 2.76. The van der Waals surface area contributed by atoms with Gasteiger partial charge in [0.25, 0.3) is 0 Å². The summed E-state index contributed by atoms with van der Waals surface area (Å²) in [6.07, 6.45) is 3.13. The van der Waals surface area contributed by atoms with Gasteiger partial charge in [-0.05, 0) is 12.1 Å². The number of amides is 1. The maximum Gasteiger partial charge on any atom is 0.247 e. The summed E-state index contributed by atoms with van der Waals surface area (Å²) in [5.41, 5.74) is 6.02. The monoisotopic (exact) mass is 266 g/mol. The maximum absolute atomic E-state index is 11.7. The van der Waals surface area contributed by atoms with Crippen LogP contribution in [0, 0.1) is 0 Å². The molecule has 2 aromatic heterocycles. The normalized spacial score (nSPS) is 10.3. The van der Waals surface area contributed by atoms with E-state index in [9.17, 15) is 4.79 Å². The van der Waals surface area contributed by atoms with Crippen molar-refractivity contribution in [2.24, 2.45) is 5.73 Å². The van der Waals surface area contributed by atoms with Gasteiger partial charge in [0.2, 0.25) is 5.91 Å². The van der Waals surface area contributed by atoms with Gasteiger partial charge in [0.15, 0.2) is 0 Å². The standard InChI is InChI=1S/C10H11ClN6O/c11-7-1-2-13-9(3-7)14-10(18)6-17-5-8(4-12)15-16-17/h1-3,5H,4,6,12H2,(H,13,14,18). The number of carbonyl (C=O) groups excluding carboxylic acids is 1. The molecule has 0 aliphatic heterocycles. The summed E-state index contributed by atoms with van der Waals surface area (Å²) in [5.74, 6) is 0.130. The lowest BCUT2D eigenvalue weighted by atomic mass is 10.4. The van der Waals surface area contributed by atoms with E-state index in [0.29, 0.717) is 16.5 Å². The number of nitrogens with one attached hydrogen (secondary N) is 1. The number of anilines is 1. The molecule has 0 aliphatic carbocycles.